The van der Waals surface area contributed by atoms with Gasteiger partial charge in [-0.3, -0.25) is 19.4 Å². The Balaban J connectivity index is 1.95. The van der Waals surface area contributed by atoms with Crippen molar-refractivity contribution in [3.05, 3.63) is 24.3 Å². The number of amides is 3. The number of rotatable bonds is 7. The van der Waals surface area contributed by atoms with Gasteiger partial charge in [-0.1, -0.05) is 38.8 Å². The Morgan fingerprint density at radius 2 is 1.56 bits per heavy atom. The van der Waals surface area contributed by atoms with E-state index in [1.165, 1.54) is 9.80 Å². The molecule has 2 N–H and O–H groups in total. The molecule has 32 heavy (non-hydrogen) atoms. The number of fused-ring (bicyclic) bond motifs is 1. The monoisotopic (exact) mass is 444 g/mol. The Bertz CT molecular complexity index is 855. The number of likely N-dealkylation sites (N-methyl/N-ethyl adjacent to an activating group) is 2. The number of carbonyl (C=O) groups is 4. The van der Waals surface area contributed by atoms with Crippen molar-refractivity contribution in [1.82, 2.24) is 10.4 Å². The van der Waals surface area contributed by atoms with Gasteiger partial charge in [-0.25, -0.2) is 10.2 Å². The molecular formula is C23H32N4O5. The summed E-state index contributed by atoms with van der Waals surface area (Å²) in [6, 6.07) is 4.36. The molecule has 0 saturated heterocycles. The van der Waals surface area contributed by atoms with Crippen molar-refractivity contribution in [3.8, 4) is 0 Å². The number of aliphatic carboxylic acids is 1. The average Bonchev–Trinajstić information content (AvgIpc) is 3.24. The zero-order valence-electron chi connectivity index (χ0n) is 19.1. The number of anilines is 2. The Hall–Kier alpha value is -2.94. The van der Waals surface area contributed by atoms with E-state index in [0.717, 1.165) is 30.7 Å². The third-order valence-corrected chi connectivity index (χ3v) is 6.40. The van der Waals surface area contributed by atoms with Crippen molar-refractivity contribution in [2.75, 3.05) is 23.9 Å². The largest absolute Gasteiger partial charge is 0.480 e. The predicted octanol–water partition coefficient (Wildman–Crippen LogP) is 2.02. The van der Waals surface area contributed by atoms with E-state index in [0.29, 0.717) is 11.4 Å². The maximum Gasteiger partial charge on any atom is 0.328 e. The Kier molecular flexibility index (Phi) is 7.18. The molecular weight excluding hydrogens is 412 g/mol. The van der Waals surface area contributed by atoms with Crippen molar-refractivity contribution in [2.45, 2.75) is 58.0 Å². The summed E-state index contributed by atoms with van der Waals surface area (Å²) < 4.78 is 0. The van der Waals surface area contributed by atoms with Gasteiger partial charge in [0.25, 0.3) is 11.8 Å². The van der Waals surface area contributed by atoms with Crippen LogP contribution >= 0.6 is 0 Å². The highest BCUT2D eigenvalue weighted by Crippen LogP contribution is 2.32. The van der Waals surface area contributed by atoms with Crippen LogP contribution in [0.4, 0.5) is 11.4 Å². The van der Waals surface area contributed by atoms with Gasteiger partial charge in [0.15, 0.2) is 6.04 Å². The van der Waals surface area contributed by atoms with Crippen molar-refractivity contribution in [2.24, 2.45) is 11.8 Å². The van der Waals surface area contributed by atoms with Crippen molar-refractivity contribution < 1.29 is 24.3 Å². The van der Waals surface area contributed by atoms with Crippen molar-refractivity contribution in [3.63, 3.8) is 0 Å². The number of hydrogen-bond donors (Lipinski definition) is 2. The van der Waals surface area contributed by atoms with Crippen LogP contribution < -0.4 is 15.2 Å². The normalized spacial score (nSPS) is 18.7. The molecule has 1 aliphatic carbocycles. The Morgan fingerprint density at radius 3 is 2.00 bits per heavy atom. The van der Waals surface area contributed by atoms with Crippen LogP contribution in [0, 0.1) is 11.8 Å². The highest BCUT2D eigenvalue weighted by Gasteiger charge is 2.42. The fourth-order valence-corrected chi connectivity index (χ4v) is 4.57. The molecule has 3 amide bonds. The molecule has 0 unspecified atom stereocenters. The second kappa shape index (κ2) is 9.68. The van der Waals surface area contributed by atoms with E-state index >= 15 is 0 Å². The third kappa shape index (κ3) is 4.62. The van der Waals surface area contributed by atoms with Crippen LogP contribution in [0.5, 0.6) is 0 Å². The quantitative estimate of drug-likeness (QED) is 0.492. The molecule has 0 radical (unpaired) electrons. The van der Waals surface area contributed by atoms with Gasteiger partial charge < -0.3 is 14.9 Å². The molecule has 1 fully saturated rings. The predicted molar refractivity (Wildman–Crippen MR) is 120 cm³/mol. The van der Waals surface area contributed by atoms with E-state index < -0.39 is 41.7 Å². The second-order valence-corrected chi connectivity index (χ2v) is 8.99. The molecule has 0 aromatic heterocycles. The lowest BCUT2D eigenvalue weighted by Gasteiger charge is -2.35. The number of carboxylic acid groups (broad SMARTS) is 1. The minimum atomic E-state index is -1.43. The first-order valence-corrected chi connectivity index (χ1v) is 11.1. The maximum absolute atomic E-state index is 13.3. The van der Waals surface area contributed by atoms with Gasteiger partial charge in [0, 0.05) is 20.5 Å². The van der Waals surface area contributed by atoms with Gasteiger partial charge >= 0.3 is 5.97 Å². The SMILES string of the molecule is CC(C)[C@@H](C(=O)O)N(NC1C(=O)N(C)c2ccccc2N(C)C1=O)C(=O)CC1CCCC1. The molecule has 9 nitrogen and oxygen atoms in total. The van der Waals surface area contributed by atoms with Crippen LogP contribution in [0.2, 0.25) is 0 Å². The highest BCUT2D eigenvalue weighted by molar-refractivity contribution is 6.20. The van der Waals surface area contributed by atoms with E-state index in [4.69, 9.17) is 0 Å². The van der Waals surface area contributed by atoms with Crippen LogP contribution in [0.3, 0.4) is 0 Å². The summed E-state index contributed by atoms with van der Waals surface area (Å²) in [6.07, 6.45) is 4.11. The Labute approximate surface area is 188 Å². The lowest BCUT2D eigenvalue weighted by atomic mass is 10.00. The van der Waals surface area contributed by atoms with E-state index in [9.17, 15) is 24.3 Å². The van der Waals surface area contributed by atoms with Crippen molar-refractivity contribution >= 4 is 35.1 Å². The standard InChI is InChI=1S/C23H32N4O5/c1-14(2)20(23(31)32)27(18(28)13-15-9-5-6-10-15)24-19-21(29)25(3)16-11-7-8-12-17(16)26(4)22(19)30/h7-8,11-12,14-15,19-20,24H,5-6,9-10,13H2,1-4H3,(H,31,32)/t20-/m0/s1. The zero-order chi connectivity index (χ0) is 23.6. The number of nitrogens with zero attached hydrogens (tertiary/aromatic N) is 3. The summed E-state index contributed by atoms with van der Waals surface area (Å²) in [7, 11) is 3.12. The summed E-state index contributed by atoms with van der Waals surface area (Å²) in [6.45, 7) is 3.39. The van der Waals surface area contributed by atoms with Crippen LogP contribution in [-0.4, -0.2) is 60.0 Å². The van der Waals surface area contributed by atoms with E-state index in [1.54, 1.807) is 52.2 Å². The number of hydrogen-bond acceptors (Lipinski definition) is 5. The number of hydrazine groups is 1. The number of benzene rings is 1. The molecule has 0 spiro atoms. The lowest BCUT2D eigenvalue weighted by Crippen LogP contribution is -2.64. The molecule has 0 bridgehead atoms. The van der Waals surface area contributed by atoms with Gasteiger partial charge in [0.2, 0.25) is 5.91 Å². The van der Waals surface area contributed by atoms with Crippen LogP contribution in [-0.2, 0) is 19.2 Å². The number of para-hydroxylation sites is 2. The summed E-state index contributed by atoms with van der Waals surface area (Å²) >= 11 is 0. The molecule has 2 aliphatic rings. The highest BCUT2D eigenvalue weighted by atomic mass is 16.4. The maximum atomic E-state index is 13.3. The fourth-order valence-electron chi connectivity index (χ4n) is 4.57. The molecule has 1 aromatic carbocycles. The first-order valence-electron chi connectivity index (χ1n) is 11.1. The minimum absolute atomic E-state index is 0.184. The average molecular weight is 445 g/mol. The van der Waals surface area contributed by atoms with Crippen LogP contribution in [0.1, 0.15) is 46.0 Å². The van der Waals surface area contributed by atoms with E-state index in [-0.39, 0.29) is 12.3 Å². The second-order valence-electron chi connectivity index (χ2n) is 8.99. The van der Waals surface area contributed by atoms with Crippen LogP contribution in [0.15, 0.2) is 24.3 Å². The molecule has 1 atom stereocenters. The van der Waals surface area contributed by atoms with Gasteiger partial charge in [-0.05, 0) is 36.8 Å². The van der Waals surface area contributed by atoms with E-state index in [1.807, 2.05) is 0 Å². The topological polar surface area (TPSA) is 110 Å². The molecule has 9 heteroatoms. The van der Waals surface area contributed by atoms with Gasteiger partial charge in [0.1, 0.15) is 6.04 Å². The first-order chi connectivity index (χ1) is 15.1. The molecule has 174 valence electrons. The smallest absolute Gasteiger partial charge is 0.328 e. The van der Waals surface area contributed by atoms with Crippen LogP contribution in [0.25, 0.3) is 0 Å². The lowest BCUT2D eigenvalue weighted by molar-refractivity contribution is -0.158. The summed E-state index contributed by atoms with van der Waals surface area (Å²) in [5, 5.41) is 10.9. The summed E-state index contributed by atoms with van der Waals surface area (Å²) in [4.78, 5) is 54.6. The molecule has 1 heterocycles. The first kappa shape index (κ1) is 23.7. The molecule has 1 saturated carbocycles. The third-order valence-electron chi connectivity index (χ3n) is 6.40. The van der Waals surface area contributed by atoms with E-state index in [2.05, 4.69) is 5.43 Å². The summed E-state index contributed by atoms with van der Waals surface area (Å²) in [5.74, 6) is -2.96. The van der Waals surface area contributed by atoms with Gasteiger partial charge in [-0.15, -0.1) is 0 Å². The number of carboxylic acids is 1. The van der Waals surface area contributed by atoms with Gasteiger partial charge in [-0.2, -0.15) is 0 Å². The van der Waals surface area contributed by atoms with Gasteiger partial charge in [0.05, 0.1) is 11.4 Å². The number of nitrogens with one attached hydrogen (secondary N) is 1. The zero-order valence-corrected chi connectivity index (χ0v) is 19.1. The molecule has 3 rings (SSSR count). The summed E-state index contributed by atoms with van der Waals surface area (Å²) in [5.41, 5.74) is 3.86. The van der Waals surface area contributed by atoms with Crippen molar-refractivity contribution in [1.29, 1.82) is 0 Å². The molecule has 1 aromatic rings. The fraction of sp³-hybridized carbons (Fsp3) is 0.565. The molecule has 1 aliphatic heterocycles. The minimum Gasteiger partial charge on any atom is -0.480 e. The number of carbonyl (C=O) groups excluding carboxylic acids is 3. The Morgan fingerprint density at radius 1 is 1.06 bits per heavy atom.